The maximum absolute atomic E-state index is 12.7. The Bertz CT molecular complexity index is 1150. The minimum absolute atomic E-state index is 0.144. The second-order valence-corrected chi connectivity index (χ2v) is 7.97. The van der Waals surface area contributed by atoms with Crippen LogP contribution in [0.3, 0.4) is 0 Å². The number of amides is 1. The van der Waals surface area contributed by atoms with Crippen LogP contribution in [0.15, 0.2) is 48.8 Å². The molecule has 1 aromatic carbocycles. The van der Waals surface area contributed by atoms with Crippen LogP contribution < -0.4 is 16.4 Å². The van der Waals surface area contributed by atoms with Crippen molar-refractivity contribution in [2.75, 3.05) is 24.1 Å². The van der Waals surface area contributed by atoms with E-state index in [1.54, 1.807) is 25.3 Å². The zero-order chi connectivity index (χ0) is 24.0. The highest BCUT2D eigenvalue weighted by atomic mass is 35.5. The van der Waals surface area contributed by atoms with Crippen molar-refractivity contribution in [3.63, 3.8) is 0 Å². The molecule has 11 heteroatoms. The first-order chi connectivity index (χ1) is 15.7. The number of aliphatic hydroxyl groups excluding tert-OH is 1. The van der Waals surface area contributed by atoms with E-state index in [0.717, 1.165) is 11.1 Å². The normalized spacial score (nSPS) is 11.7. The number of rotatable bonds is 10. The average molecular weight is 473 g/mol. The van der Waals surface area contributed by atoms with Crippen molar-refractivity contribution in [1.82, 2.24) is 14.9 Å². The number of nitrogen functional groups attached to an aromatic ring is 1. The second kappa shape index (κ2) is 10.8. The van der Waals surface area contributed by atoms with Crippen LogP contribution >= 0.6 is 11.6 Å². The molecular formula is C22H25ClN6O4. The highest BCUT2D eigenvalue weighted by Gasteiger charge is 2.17. The number of nitrogens with zero attached hydrogens (tertiary/aromatic N) is 3. The number of hydrogen-bond donors (Lipinski definition) is 4. The predicted octanol–water partition coefficient (Wildman–Crippen LogP) is 3.31. The predicted molar refractivity (Wildman–Crippen MR) is 127 cm³/mol. The van der Waals surface area contributed by atoms with Crippen LogP contribution in [0.5, 0.6) is 0 Å². The van der Waals surface area contributed by atoms with E-state index in [4.69, 9.17) is 17.3 Å². The molecule has 0 spiro atoms. The van der Waals surface area contributed by atoms with Gasteiger partial charge in [0.15, 0.2) is 0 Å². The first-order valence-corrected chi connectivity index (χ1v) is 10.7. The molecular weight excluding hydrogens is 448 g/mol. The standard InChI is InChI=1S/C22H25ClN6O4/c1-14(30)11-26-22(31)18-13-28(12-17(18)15-4-2-5-16(23)10-15)9-3-8-25-20-7-6-19(29(32)33)21(24)27-20/h2,4-7,10,12-14,30H,3,8-9,11H2,1H3,(H,26,31)(H3,24,25,27)/t14-/m0/s1. The van der Waals surface area contributed by atoms with Crippen LogP contribution in [-0.4, -0.2) is 44.7 Å². The van der Waals surface area contributed by atoms with Gasteiger partial charge in [-0.3, -0.25) is 14.9 Å². The Kier molecular flexibility index (Phi) is 7.86. The van der Waals surface area contributed by atoms with Crippen LogP contribution in [0, 0.1) is 10.1 Å². The summed E-state index contributed by atoms with van der Waals surface area (Å²) < 4.78 is 1.91. The third-order valence-corrected chi connectivity index (χ3v) is 5.05. The van der Waals surface area contributed by atoms with E-state index in [9.17, 15) is 20.0 Å². The topological polar surface area (TPSA) is 148 Å². The SMILES string of the molecule is C[C@H](O)CNC(=O)c1cn(CCCNc2ccc([N+](=O)[O-])c(N)n2)cc1-c1cccc(Cl)c1. The van der Waals surface area contributed by atoms with Crippen LogP contribution in [0.1, 0.15) is 23.7 Å². The Morgan fingerprint density at radius 1 is 1.33 bits per heavy atom. The lowest BCUT2D eigenvalue weighted by atomic mass is 10.0. The van der Waals surface area contributed by atoms with Gasteiger partial charge in [0.25, 0.3) is 5.91 Å². The molecule has 0 saturated heterocycles. The number of nitro groups is 1. The van der Waals surface area contributed by atoms with Crippen LogP contribution in [0.25, 0.3) is 11.1 Å². The summed E-state index contributed by atoms with van der Waals surface area (Å²) in [5.41, 5.74) is 7.41. The molecule has 3 aromatic rings. The molecule has 0 fully saturated rings. The number of anilines is 2. The van der Waals surface area contributed by atoms with E-state index in [-0.39, 0.29) is 24.0 Å². The Labute approximate surface area is 195 Å². The van der Waals surface area contributed by atoms with Gasteiger partial charge in [0, 0.05) is 48.7 Å². The monoisotopic (exact) mass is 472 g/mol. The summed E-state index contributed by atoms with van der Waals surface area (Å²) in [4.78, 5) is 27.0. The van der Waals surface area contributed by atoms with E-state index < -0.39 is 11.0 Å². The van der Waals surface area contributed by atoms with Crippen molar-refractivity contribution in [1.29, 1.82) is 0 Å². The van der Waals surface area contributed by atoms with Crippen LogP contribution in [0.2, 0.25) is 5.02 Å². The fraction of sp³-hybridized carbons (Fsp3) is 0.273. The number of hydrogen-bond acceptors (Lipinski definition) is 7. The summed E-state index contributed by atoms with van der Waals surface area (Å²) >= 11 is 6.13. The molecule has 0 bridgehead atoms. The van der Waals surface area contributed by atoms with Crippen molar-refractivity contribution in [3.8, 4) is 11.1 Å². The Morgan fingerprint density at radius 3 is 2.79 bits per heavy atom. The largest absolute Gasteiger partial charge is 0.392 e. The number of aromatic nitrogens is 2. The molecule has 0 saturated carbocycles. The Morgan fingerprint density at radius 2 is 2.12 bits per heavy atom. The third kappa shape index (κ3) is 6.43. The Hall–Kier alpha value is -3.63. The zero-order valence-corrected chi connectivity index (χ0v) is 18.7. The number of carbonyl (C=O) groups is 1. The molecule has 33 heavy (non-hydrogen) atoms. The number of aliphatic hydroxyl groups is 1. The van der Waals surface area contributed by atoms with Crippen LogP contribution in [-0.2, 0) is 6.54 Å². The Balaban J connectivity index is 1.69. The summed E-state index contributed by atoms with van der Waals surface area (Å²) in [7, 11) is 0. The van der Waals surface area contributed by atoms with E-state index in [1.165, 1.54) is 12.1 Å². The zero-order valence-electron chi connectivity index (χ0n) is 18.0. The molecule has 0 aliphatic rings. The maximum atomic E-state index is 12.7. The molecule has 0 radical (unpaired) electrons. The molecule has 3 rings (SSSR count). The van der Waals surface area contributed by atoms with E-state index >= 15 is 0 Å². The van der Waals surface area contributed by atoms with E-state index in [2.05, 4.69) is 15.6 Å². The number of benzene rings is 1. The molecule has 2 heterocycles. The van der Waals surface area contributed by atoms with Crippen molar-refractivity contribution in [3.05, 3.63) is 69.5 Å². The van der Waals surface area contributed by atoms with Crippen molar-refractivity contribution in [2.24, 2.45) is 0 Å². The number of nitrogens with two attached hydrogens (primary N) is 1. The number of carbonyl (C=O) groups excluding carboxylic acids is 1. The minimum atomic E-state index is -0.654. The van der Waals surface area contributed by atoms with Gasteiger partial charge in [-0.1, -0.05) is 23.7 Å². The van der Waals surface area contributed by atoms with Gasteiger partial charge < -0.3 is 26.0 Å². The second-order valence-electron chi connectivity index (χ2n) is 7.53. The fourth-order valence-electron chi connectivity index (χ4n) is 3.24. The lowest BCUT2D eigenvalue weighted by Gasteiger charge is -2.08. The number of nitrogens with one attached hydrogen (secondary N) is 2. The number of halogens is 1. The highest BCUT2D eigenvalue weighted by molar-refractivity contribution is 6.30. The minimum Gasteiger partial charge on any atom is -0.392 e. The number of aryl methyl sites for hydroxylation is 1. The quantitative estimate of drug-likeness (QED) is 0.201. The van der Waals surface area contributed by atoms with E-state index in [0.29, 0.717) is 35.9 Å². The lowest BCUT2D eigenvalue weighted by molar-refractivity contribution is -0.384. The van der Waals surface area contributed by atoms with Crippen molar-refractivity contribution in [2.45, 2.75) is 26.0 Å². The molecule has 0 unspecified atom stereocenters. The smallest absolute Gasteiger partial charge is 0.311 e. The summed E-state index contributed by atoms with van der Waals surface area (Å²) in [5, 5.41) is 26.7. The van der Waals surface area contributed by atoms with Gasteiger partial charge in [-0.25, -0.2) is 4.98 Å². The van der Waals surface area contributed by atoms with Crippen LogP contribution in [0.4, 0.5) is 17.3 Å². The van der Waals surface area contributed by atoms with E-state index in [1.807, 2.05) is 22.9 Å². The molecule has 2 aromatic heterocycles. The molecule has 1 amide bonds. The van der Waals surface area contributed by atoms with Gasteiger partial charge in [-0.05, 0) is 37.1 Å². The fourth-order valence-corrected chi connectivity index (χ4v) is 3.43. The lowest BCUT2D eigenvalue weighted by Crippen LogP contribution is -2.30. The molecule has 10 nitrogen and oxygen atoms in total. The van der Waals surface area contributed by atoms with Gasteiger partial charge in [0.05, 0.1) is 16.6 Å². The summed E-state index contributed by atoms with van der Waals surface area (Å²) in [6, 6.07) is 10.1. The summed E-state index contributed by atoms with van der Waals surface area (Å²) in [6.07, 6.45) is 3.68. The van der Waals surface area contributed by atoms with Gasteiger partial charge in [0.1, 0.15) is 5.82 Å². The van der Waals surface area contributed by atoms with Crippen molar-refractivity contribution >= 4 is 34.8 Å². The first kappa shape index (κ1) is 24.0. The highest BCUT2D eigenvalue weighted by Crippen LogP contribution is 2.27. The third-order valence-electron chi connectivity index (χ3n) is 4.82. The average Bonchev–Trinajstić information content (AvgIpc) is 3.19. The molecule has 174 valence electrons. The number of pyridine rings is 1. The molecule has 1 atom stereocenters. The molecule has 0 aliphatic heterocycles. The summed E-state index contributed by atoms with van der Waals surface area (Å²) in [6.45, 7) is 2.89. The maximum Gasteiger partial charge on any atom is 0.311 e. The van der Waals surface area contributed by atoms with Gasteiger partial charge >= 0.3 is 5.69 Å². The van der Waals surface area contributed by atoms with Gasteiger partial charge in [0.2, 0.25) is 5.82 Å². The van der Waals surface area contributed by atoms with Gasteiger partial charge in [-0.15, -0.1) is 0 Å². The first-order valence-electron chi connectivity index (χ1n) is 10.3. The van der Waals surface area contributed by atoms with Gasteiger partial charge in [-0.2, -0.15) is 0 Å². The summed E-state index contributed by atoms with van der Waals surface area (Å²) in [5.74, 6) is 0.0196. The van der Waals surface area contributed by atoms with Crippen molar-refractivity contribution < 1.29 is 14.8 Å². The molecule has 0 aliphatic carbocycles. The molecule has 5 N–H and O–H groups in total.